The Labute approximate surface area is 243 Å². The van der Waals surface area contributed by atoms with Gasteiger partial charge in [-0.3, -0.25) is 13.9 Å². The number of hydrogen-bond donors (Lipinski definition) is 1. The fourth-order valence-electron chi connectivity index (χ4n) is 4.81. The van der Waals surface area contributed by atoms with Crippen LogP contribution >= 0.6 is 15.9 Å². The normalized spacial score (nSPS) is 14.5. The van der Waals surface area contributed by atoms with Crippen molar-refractivity contribution in [1.82, 2.24) is 10.2 Å². The molecule has 0 unspecified atom stereocenters. The number of sulfonamides is 1. The molecule has 10 heteroatoms. The van der Waals surface area contributed by atoms with E-state index in [2.05, 4.69) is 21.2 Å². The molecule has 40 heavy (non-hydrogen) atoms. The van der Waals surface area contributed by atoms with Crippen LogP contribution in [0.3, 0.4) is 0 Å². The molecular weight excluding hydrogens is 597 g/mol. The van der Waals surface area contributed by atoms with Crippen molar-refractivity contribution in [1.29, 1.82) is 0 Å². The summed E-state index contributed by atoms with van der Waals surface area (Å²) < 4.78 is 44.2. The third-order valence-electron chi connectivity index (χ3n) is 7.12. The zero-order chi connectivity index (χ0) is 28.9. The van der Waals surface area contributed by atoms with Gasteiger partial charge in [0.1, 0.15) is 18.4 Å². The van der Waals surface area contributed by atoms with E-state index in [-0.39, 0.29) is 29.1 Å². The van der Waals surface area contributed by atoms with Gasteiger partial charge in [0.2, 0.25) is 11.8 Å². The molecule has 4 rings (SSSR count). The minimum absolute atomic E-state index is 0.0506. The van der Waals surface area contributed by atoms with Crippen LogP contribution in [0, 0.1) is 12.7 Å². The molecule has 1 fully saturated rings. The Kier molecular flexibility index (Phi) is 9.63. The second-order valence-electron chi connectivity index (χ2n) is 10.1. The summed E-state index contributed by atoms with van der Waals surface area (Å²) in [6, 6.07) is 18.1. The number of nitrogens with one attached hydrogen (secondary N) is 1. The van der Waals surface area contributed by atoms with E-state index in [0.29, 0.717) is 0 Å². The number of amides is 2. The van der Waals surface area contributed by atoms with Crippen molar-refractivity contribution in [3.8, 4) is 0 Å². The maximum atomic E-state index is 15.0. The Hall–Kier alpha value is -3.24. The number of nitrogens with zero attached hydrogens (tertiary/aromatic N) is 2. The SMILES string of the molecule is Cc1ccc(S(=O)(=O)N(CC(=O)N(Cc2cccc(Br)c2)[C@@H](C)C(=O)NC2CCCC2)c2ccccc2F)cc1. The van der Waals surface area contributed by atoms with Crippen LogP contribution in [-0.4, -0.2) is 43.8 Å². The van der Waals surface area contributed by atoms with E-state index in [1.165, 1.54) is 35.2 Å². The number of hydrogen-bond acceptors (Lipinski definition) is 4. The fourth-order valence-corrected chi connectivity index (χ4v) is 6.68. The smallest absolute Gasteiger partial charge is 0.264 e. The van der Waals surface area contributed by atoms with Crippen LogP contribution in [0.4, 0.5) is 10.1 Å². The van der Waals surface area contributed by atoms with E-state index in [1.54, 1.807) is 19.1 Å². The first kappa shape index (κ1) is 29.7. The molecule has 2 amide bonds. The van der Waals surface area contributed by atoms with Gasteiger partial charge in [-0.2, -0.15) is 0 Å². The molecule has 7 nitrogen and oxygen atoms in total. The van der Waals surface area contributed by atoms with Crippen molar-refractivity contribution < 1.29 is 22.4 Å². The highest BCUT2D eigenvalue weighted by molar-refractivity contribution is 9.10. The molecule has 1 aliphatic rings. The summed E-state index contributed by atoms with van der Waals surface area (Å²) in [5.74, 6) is -1.72. The molecule has 1 aliphatic carbocycles. The predicted octanol–water partition coefficient (Wildman–Crippen LogP) is 5.57. The maximum Gasteiger partial charge on any atom is 0.264 e. The zero-order valence-electron chi connectivity index (χ0n) is 22.5. The van der Waals surface area contributed by atoms with E-state index in [0.717, 1.165) is 51.7 Å². The van der Waals surface area contributed by atoms with E-state index in [4.69, 9.17) is 0 Å². The molecule has 0 aromatic heterocycles. The number of carbonyl (C=O) groups excluding carboxylic acids is 2. The molecule has 1 N–H and O–H groups in total. The summed E-state index contributed by atoms with van der Waals surface area (Å²) in [6.07, 6.45) is 3.84. The second-order valence-corrected chi connectivity index (χ2v) is 12.9. The minimum atomic E-state index is -4.33. The van der Waals surface area contributed by atoms with Crippen molar-refractivity contribution in [2.45, 2.75) is 63.1 Å². The minimum Gasteiger partial charge on any atom is -0.352 e. The Morgan fingerprint density at radius 1 is 1.02 bits per heavy atom. The molecule has 1 atom stereocenters. The number of halogens is 2. The third kappa shape index (κ3) is 7.09. The first-order chi connectivity index (χ1) is 19.1. The van der Waals surface area contributed by atoms with Gasteiger partial charge >= 0.3 is 0 Å². The number of aryl methyl sites for hydroxylation is 1. The molecule has 0 saturated heterocycles. The standard InChI is InChI=1S/C30H33BrFN3O4S/c1-21-14-16-26(17-15-21)40(38,39)35(28-13-6-5-12-27(28)32)20-29(36)34(19-23-8-7-9-24(31)18-23)22(2)30(37)33-25-10-3-4-11-25/h5-9,12-18,22,25H,3-4,10-11,19-20H2,1-2H3,(H,33,37)/t22-/m0/s1. The van der Waals surface area contributed by atoms with Crippen LogP contribution in [0.1, 0.15) is 43.7 Å². The van der Waals surface area contributed by atoms with Crippen LogP contribution in [0.5, 0.6) is 0 Å². The number of para-hydroxylation sites is 1. The Morgan fingerprint density at radius 2 is 1.70 bits per heavy atom. The maximum absolute atomic E-state index is 15.0. The molecular formula is C30H33BrFN3O4S. The van der Waals surface area contributed by atoms with Gasteiger partial charge in [0, 0.05) is 17.1 Å². The van der Waals surface area contributed by atoms with E-state index in [9.17, 15) is 18.0 Å². The third-order valence-corrected chi connectivity index (χ3v) is 9.39. The lowest BCUT2D eigenvalue weighted by atomic mass is 10.1. The monoisotopic (exact) mass is 629 g/mol. The summed E-state index contributed by atoms with van der Waals surface area (Å²) in [5, 5.41) is 3.03. The summed E-state index contributed by atoms with van der Waals surface area (Å²) in [6.45, 7) is 2.83. The Morgan fingerprint density at radius 3 is 2.35 bits per heavy atom. The molecule has 3 aromatic carbocycles. The van der Waals surface area contributed by atoms with E-state index in [1.807, 2.05) is 31.2 Å². The number of rotatable bonds is 10. The van der Waals surface area contributed by atoms with Gasteiger partial charge in [-0.05, 0) is 68.7 Å². The van der Waals surface area contributed by atoms with Crippen molar-refractivity contribution in [2.24, 2.45) is 0 Å². The van der Waals surface area contributed by atoms with E-state index < -0.39 is 34.3 Å². The molecule has 0 heterocycles. The summed E-state index contributed by atoms with van der Waals surface area (Å²) in [5.41, 5.74) is 1.36. The number of carbonyl (C=O) groups is 2. The molecule has 0 spiro atoms. The lowest BCUT2D eigenvalue weighted by Crippen LogP contribution is -2.52. The summed E-state index contributed by atoms with van der Waals surface area (Å²) in [7, 11) is -4.33. The van der Waals surface area contributed by atoms with Gasteiger partial charge in [-0.1, -0.05) is 70.7 Å². The van der Waals surface area contributed by atoms with Gasteiger partial charge in [-0.25, -0.2) is 12.8 Å². The molecule has 0 aliphatic heterocycles. The lowest BCUT2D eigenvalue weighted by Gasteiger charge is -2.32. The fraction of sp³-hybridized carbons (Fsp3) is 0.333. The van der Waals surface area contributed by atoms with Crippen LogP contribution in [-0.2, 0) is 26.2 Å². The van der Waals surface area contributed by atoms with Gasteiger partial charge in [0.15, 0.2) is 0 Å². The largest absolute Gasteiger partial charge is 0.352 e. The van der Waals surface area contributed by atoms with Gasteiger partial charge < -0.3 is 10.2 Å². The first-order valence-corrected chi connectivity index (χ1v) is 15.5. The Balaban J connectivity index is 1.69. The predicted molar refractivity (Wildman–Crippen MR) is 157 cm³/mol. The molecule has 1 saturated carbocycles. The van der Waals surface area contributed by atoms with Crippen LogP contribution in [0.25, 0.3) is 0 Å². The highest BCUT2D eigenvalue weighted by atomic mass is 79.9. The molecule has 3 aromatic rings. The van der Waals surface area contributed by atoms with Crippen molar-refractivity contribution in [3.63, 3.8) is 0 Å². The Bertz CT molecular complexity index is 1460. The van der Waals surface area contributed by atoms with Gasteiger partial charge in [0.05, 0.1) is 10.6 Å². The number of anilines is 1. The lowest BCUT2D eigenvalue weighted by molar-refractivity contribution is -0.139. The molecule has 212 valence electrons. The molecule has 0 bridgehead atoms. The van der Waals surface area contributed by atoms with Crippen molar-refractivity contribution >= 4 is 43.5 Å². The van der Waals surface area contributed by atoms with E-state index >= 15 is 4.39 Å². The van der Waals surface area contributed by atoms with Crippen LogP contribution < -0.4 is 9.62 Å². The van der Waals surface area contributed by atoms with Gasteiger partial charge in [-0.15, -0.1) is 0 Å². The molecule has 0 radical (unpaired) electrons. The highest BCUT2D eigenvalue weighted by Gasteiger charge is 2.34. The summed E-state index contributed by atoms with van der Waals surface area (Å²) >= 11 is 3.44. The van der Waals surface area contributed by atoms with Crippen LogP contribution in [0.15, 0.2) is 82.2 Å². The average Bonchev–Trinajstić information content (AvgIpc) is 3.43. The summed E-state index contributed by atoms with van der Waals surface area (Å²) in [4.78, 5) is 28.5. The van der Waals surface area contributed by atoms with Crippen molar-refractivity contribution in [3.05, 3.63) is 94.2 Å². The quantitative estimate of drug-likeness (QED) is 0.318. The zero-order valence-corrected chi connectivity index (χ0v) is 24.9. The first-order valence-electron chi connectivity index (χ1n) is 13.2. The number of benzene rings is 3. The van der Waals surface area contributed by atoms with Gasteiger partial charge in [0.25, 0.3) is 10.0 Å². The highest BCUT2D eigenvalue weighted by Crippen LogP contribution is 2.27. The topological polar surface area (TPSA) is 86.8 Å². The van der Waals surface area contributed by atoms with Crippen LogP contribution in [0.2, 0.25) is 0 Å². The van der Waals surface area contributed by atoms with Crippen molar-refractivity contribution in [2.75, 3.05) is 10.8 Å². The average molecular weight is 631 g/mol. The second kappa shape index (κ2) is 13.0.